The Kier molecular flexibility index (Phi) is 3.80. The van der Waals surface area contributed by atoms with Gasteiger partial charge in [-0.15, -0.1) is 0 Å². The topological polar surface area (TPSA) is 55.6 Å². The fourth-order valence-corrected chi connectivity index (χ4v) is 1.33. The number of amides is 2. The van der Waals surface area contributed by atoms with Crippen molar-refractivity contribution in [2.24, 2.45) is 5.73 Å². The zero-order valence-corrected chi connectivity index (χ0v) is 9.41. The van der Waals surface area contributed by atoms with Crippen molar-refractivity contribution in [3.63, 3.8) is 0 Å². The molecule has 0 heterocycles. The lowest BCUT2D eigenvalue weighted by Crippen LogP contribution is -2.31. The standard InChI is InChI=1S/C10H13ClN2O2/c1-3-15-9-5-4-7(6-8(9)11)13(2)10(12)14/h4-6H,3H2,1-2H3,(H2,12,14). The van der Waals surface area contributed by atoms with E-state index in [2.05, 4.69) is 0 Å². The summed E-state index contributed by atoms with van der Waals surface area (Å²) in [6, 6.07) is 4.54. The lowest BCUT2D eigenvalue weighted by molar-refractivity contribution is 0.255. The van der Waals surface area contributed by atoms with Crippen LogP contribution < -0.4 is 15.4 Å². The Labute approximate surface area is 93.6 Å². The number of primary amides is 1. The lowest BCUT2D eigenvalue weighted by Gasteiger charge is -2.15. The average molecular weight is 229 g/mol. The maximum absolute atomic E-state index is 10.9. The first kappa shape index (κ1) is 11.7. The Balaban J connectivity index is 2.95. The summed E-state index contributed by atoms with van der Waals surface area (Å²) in [5, 5.41) is 0.461. The van der Waals surface area contributed by atoms with Gasteiger partial charge in [0.05, 0.1) is 11.6 Å². The van der Waals surface area contributed by atoms with Gasteiger partial charge >= 0.3 is 6.03 Å². The highest BCUT2D eigenvalue weighted by molar-refractivity contribution is 6.32. The monoisotopic (exact) mass is 228 g/mol. The van der Waals surface area contributed by atoms with E-state index in [1.807, 2.05) is 6.92 Å². The maximum Gasteiger partial charge on any atom is 0.318 e. The maximum atomic E-state index is 10.9. The first-order chi connectivity index (χ1) is 7.06. The summed E-state index contributed by atoms with van der Waals surface area (Å²) in [5.74, 6) is 0.598. The Bertz CT molecular complexity index is 368. The first-order valence-corrected chi connectivity index (χ1v) is 4.89. The number of hydrogen-bond acceptors (Lipinski definition) is 2. The third kappa shape index (κ3) is 2.76. The van der Waals surface area contributed by atoms with E-state index in [4.69, 9.17) is 22.1 Å². The second-order valence-electron chi connectivity index (χ2n) is 2.94. The molecule has 4 nitrogen and oxygen atoms in total. The van der Waals surface area contributed by atoms with Crippen molar-refractivity contribution in [3.8, 4) is 5.75 Å². The van der Waals surface area contributed by atoms with Crippen LogP contribution in [-0.4, -0.2) is 19.7 Å². The number of urea groups is 1. The van der Waals surface area contributed by atoms with E-state index >= 15 is 0 Å². The van der Waals surface area contributed by atoms with Gasteiger partial charge in [0, 0.05) is 12.7 Å². The summed E-state index contributed by atoms with van der Waals surface area (Å²) in [4.78, 5) is 12.2. The molecule has 82 valence electrons. The van der Waals surface area contributed by atoms with E-state index in [1.165, 1.54) is 4.90 Å². The number of anilines is 1. The van der Waals surface area contributed by atoms with Gasteiger partial charge in [-0.3, -0.25) is 4.90 Å². The van der Waals surface area contributed by atoms with Crippen LogP contribution in [0.25, 0.3) is 0 Å². The quantitative estimate of drug-likeness (QED) is 0.863. The van der Waals surface area contributed by atoms with Crippen LogP contribution in [0.5, 0.6) is 5.75 Å². The van der Waals surface area contributed by atoms with Gasteiger partial charge in [0.1, 0.15) is 5.75 Å². The van der Waals surface area contributed by atoms with E-state index in [1.54, 1.807) is 25.2 Å². The molecule has 1 aromatic carbocycles. The third-order valence-electron chi connectivity index (χ3n) is 1.93. The molecule has 0 saturated carbocycles. The Morgan fingerprint density at radius 2 is 2.27 bits per heavy atom. The zero-order chi connectivity index (χ0) is 11.4. The molecule has 0 saturated heterocycles. The van der Waals surface area contributed by atoms with E-state index in [-0.39, 0.29) is 0 Å². The predicted octanol–water partition coefficient (Wildman–Crippen LogP) is 2.25. The normalized spacial score (nSPS) is 9.80. The van der Waals surface area contributed by atoms with Crippen molar-refractivity contribution < 1.29 is 9.53 Å². The minimum atomic E-state index is -0.532. The lowest BCUT2D eigenvalue weighted by atomic mass is 10.3. The molecule has 0 unspecified atom stereocenters. The minimum Gasteiger partial charge on any atom is -0.492 e. The van der Waals surface area contributed by atoms with Crippen molar-refractivity contribution in [2.45, 2.75) is 6.92 Å². The number of nitrogens with zero attached hydrogens (tertiary/aromatic N) is 1. The molecule has 1 aromatic rings. The van der Waals surface area contributed by atoms with E-state index in [0.29, 0.717) is 23.1 Å². The Hall–Kier alpha value is -1.42. The second kappa shape index (κ2) is 4.89. The van der Waals surface area contributed by atoms with Gasteiger partial charge in [0.25, 0.3) is 0 Å². The highest BCUT2D eigenvalue weighted by Crippen LogP contribution is 2.28. The van der Waals surface area contributed by atoms with Crippen molar-refractivity contribution in [3.05, 3.63) is 23.2 Å². The fraction of sp³-hybridized carbons (Fsp3) is 0.300. The predicted molar refractivity (Wildman–Crippen MR) is 60.6 cm³/mol. The van der Waals surface area contributed by atoms with Crippen LogP contribution in [0, 0.1) is 0 Å². The molecule has 5 heteroatoms. The van der Waals surface area contributed by atoms with Crippen molar-refractivity contribution in [1.82, 2.24) is 0 Å². The van der Waals surface area contributed by atoms with Crippen LogP contribution in [-0.2, 0) is 0 Å². The summed E-state index contributed by atoms with van der Waals surface area (Å²) in [7, 11) is 1.58. The summed E-state index contributed by atoms with van der Waals surface area (Å²) >= 11 is 5.95. The van der Waals surface area contributed by atoms with Crippen molar-refractivity contribution in [1.29, 1.82) is 0 Å². The molecule has 0 atom stereocenters. The smallest absolute Gasteiger partial charge is 0.318 e. The molecule has 0 bridgehead atoms. The number of hydrogen-bond donors (Lipinski definition) is 1. The molecule has 0 fully saturated rings. The van der Waals surface area contributed by atoms with Crippen LogP contribution in [0.2, 0.25) is 5.02 Å². The summed E-state index contributed by atoms with van der Waals surface area (Å²) in [5.41, 5.74) is 5.76. The third-order valence-corrected chi connectivity index (χ3v) is 2.23. The van der Waals surface area contributed by atoms with E-state index in [0.717, 1.165) is 0 Å². The Morgan fingerprint density at radius 1 is 1.60 bits per heavy atom. The van der Waals surface area contributed by atoms with Crippen LogP contribution in [0.1, 0.15) is 6.92 Å². The summed E-state index contributed by atoms with van der Waals surface area (Å²) in [6.45, 7) is 2.42. The number of rotatable bonds is 3. The molecular formula is C10H13ClN2O2. The highest BCUT2D eigenvalue weighted by atomic mass is 35.5. The van der Waals surface area contributed by atoms with Crippen LogP contribution in [0.4, 0.5) is 10.5 Å². The molecular weight excluding hydrogens is 216 g/mol. The molecule has 0 aliphatic carbocycles. The molecule has 0 aliphatic heterocycles. The minimum absolute atomic E-state index is 0.461. The largest absolute Gasteiger partial charge is 0.492 e. The molecule has 0 spiro atoms. The van der Waals surface area contributed by atoms with Gasteiger partial charge in [0.2, 0.25) is 0 Å². The van der Waals surface area contributed by atoms with Gasteiger partial charge in [-0.25, -0.2) is 4.79 Å². The molecule has 2 N–H and O–H groups in total. The number of benzene rings is 1. The van der Waals surface area contributed by atoms with Gasteiger partial charge in [-0.1, -0.05) is 11.6 Å². The van der Waals surface area contributed by atoms with Gasteiger partial charge in [0.15, 0.2) is 0 Å². The molecule has 0 aromatic heterocycles. The first-order valence-electron chi connectivity index (χ1n) is 4.51. The molecule has 0 radical (unpaired) electrons. The van der Waals surface area contributed by atoms with E-state index < -0.39 is 6.03 Å². The number of nitrogens with two attached hydrogens (primary N) is 1. The van der Waals surface area contributed by atoms with Crippen LogP contribution in [0.15, 0.2) is 18.2 Å². The second-order valence-corrected chi connectivity index (χ2v) is 3.35. The highest BCUT2D eigenvalue weighted by Gasteiger charge is 2.09. The molecule has 0 aliphatic rings. The zero-order valence-electron chi connectivity index (χ0n) is 8.66. The number of carbonyl (C=O) groups is 1. The SMILES string of the molecule is CCOc1ccc(N(C)C(N)=O)cc1Cl. The van der Waals surface area contributed by atoms with Gasteiger partial charge < -0.3 is 10.5 Å². The van der Waals surface area contributed by atoms with Crippen LogP contribution >= 0.6 is 11.6 Å². The number of carbonyl (C=O) groups excluding carboxylic acids is 1. The summed E-state index contributed by atoms with van der Waals surface area (Å²) in [6.07, 6.45) is 0. The molecule has 1 rings (SSSR count). The van der Waals surface area contributed by atoms with Crippen LogP contribution in [0.3, 0.4) is 0 Å². The average Bonchev–Trinajstić information content (AvgIpc) is 2.20. The van der Waals surface area contributed by atoms with Gasteiger partial charge in [-0.05, 0) is 25.1 Å². The molecule has 15 heavy (non-hydrogen) atoms. The molecule has 2 amide bonds. The Morgan fingerprint density at radius 3 is 2.73 bits per heavy atom. The van der Waals surface area contributed by atoms with Crippen molar-refractivity contribution >= 4 is 23.3 Å². The summed E-state index contributed by atoms with van der Waals surface area (Å²) < 4.78 is 5.27. The number of halogens is 1. The van der Waals surface area contributed by atoms with Gasteiger partial charge in [-0.2, -0.15) is 0 Å². The fourth-order valence-electron chi connectivity index (χ4n) is 1.10. The van der Waals surface area contributed by atoms with E-state index in [9.17, 15) is 4.79 Å². The number of ether oxygens (including phenoxy) is 1. The van der Waals surface area contributed by atoms with Crippen molar-refractivity contribution in [2.75, 3.05) is 18.6 Å².